The average molecular weight is 169 g/mol. The molecule has 0 atom stereocenters. The van der Waals surface area contributed by atoms with Crippen molar-refractivity contribution >= 4 is 0 Å². The zero-order chi connectivity index (χ0) is 9.40. The van der Waals surface area contributed by atoms with Crippen molar-refractivity contribution in [2.45, 2.75) is 20.8 Å². The molecule has 0 aromatic carbocycles. The minimum Gasteiger partial charge on any atom is -0.516 e. The molecule has 0 saturated heterocycles. The number of hydrogen-bond acceptors (Lipinski definition) is 2. The van der Waals surface area contributed by atoms with E-state index in [2.05, 4.69) is 25.7 Å². The molecule has 0 amide bonds. The molecule has 0 heterocycles. The molecule has 0 aromatic rings. The van der Waals surface area contributed by atoms with Crippen LogP contribution < -0.4 is 0 Å². The highest BCUT2D eigenvalue weighted by Crippen LogP contribution is 1.97. The lowest BCUT2D eigenvalue weighted by atomic mass is 10.2. The zero-order valence-electron chi connectivity index (χ0n) is 8.25. The molecule has 0 fully saturated rings. The van der Waals surface area contributed by atoms with Crippen molar-refractivity contribution in [1.29, 1.82) is 0 Å². The van der Waals surface area contributed by atoms with E-state index in [1.54, 1.807) is 6.08 Å². The number of aliphatic hydroxyl groups excluding tert-OH is 1. The minimum absolute atomic E-state index is 0.983. The fourth-order valence-electron chi connectivity index (χ4n) is 1.06. The lowest BCUT2D eigenvalue weighted by Gasteiger charge is -2.17. The van der Waals surface area contributed by atoms with Gasteiger partial charge in [-0.05, 0) is 26.1 Å². The van der Waals surface area contributed by atoms with E-state index in [1.165, 1.54) is 5.57 Å². The summed E-state index contributed by atoms with van der Waals surface area (Å²) < 4.78 is 0. The second kappa shape index (κ2) is 6.92. The first-order valence-corrected chi connectivity index (χ1v) is 4.43. The molecule has 0 aliphatic heterocycles. The van der Waals surface area contributed by atoms with Crippen LogP contribution in [0.5, 0.6) is 0 Å². The number of allylic oxidation sites excluding steroid dienone is 2. The molecule has 0 unspecified atom stereocenters. The van der Waals surface area contributed by atoms with Gasteiger partial charge < -0.3 is 5.11 Å². The Hall–Kier alpha value is -0.760. The summed E-state index contributed by atoms with van der Waals surface area (Å²) in [5.41, 5.74) is 1.27. The molecule has 2 nitrogen and oxygen atoms in total. The van der Waals surface area contributed by atoms with Crippen LogP contribution >= 0.6 is 0 Å². The lowest BCUT2D eigenvalue weighted by molar-refractivity contribution is 0.330. The first-order valence-electron chi connectivity index (χ1n) is 4.43. The molecular formula is C10H19NO. The molecular weight excluding hydrogens is 150 g/mol. The van der Waals surface area contributed by atoms with Crippen LogP contribution in [0.15, 0.2) is 24.0 Å². The Labute approximate surface area is 75.2 Å². The van der Waals surface area contributed by atoms with E-state index in [4.69, 9.17) is 5.11 Å². The van der Waals surface area contributed by atoms with Crippen molar-refractivity contribution in [3.05, 3.63) is 24.0 Å². The van der Waals surface area contributed by atoms with Crippen LogP contribution in [0.25, 0.3) is 0 Å². The summed E-state index contributed by atoms with van der Waals surface area (Å²) in [6, 6.07) is 0. The SMILES string of the molecule is CCN(CC)C/C(C)=C/C=C\O. The summed E-state index contributed by atoms with van der Waals surface area (Å²) in [5, 5.41) is 8.42. The molecule has 0 radical (unpaired) electrons. The first-order chi connectivity index (χ1) is 5.74. The Morgan fingerprint density at radius 1 is 1.33 bits per heavy atom. The fourth-order valence-corrected chi connectivity index (χ4v) is 1.06. The van der Waals surface area contributed by atoms with Crippen LogP contribution in [0.2, 0.25) is 0 Å². The van der Waals surface area contributed by atoms with Gasteiger partial charge in [-0.25, -0.2) is 0 Å². The van der Waals surface area contributed by atoms with Crippen molar-refractivity contribution in [2.24, 2.45) is 0 Å². The fraction of sp³-hybridized carbons (Fsp3) is 0.600. The van der Waals surface area contributed by atoms with Crippen LogP contribution in [-0.4, -0.2) is 29.6 Å². The summed E-state index contributed by atoms with van der Waals surface area (Å²) in [5.74, 6) is 0. The average Bonchev–Trinajstić information content (AvgIpc) is 2.10. The number of likely N-dealkylation sites (N-methyl/N-ethyl adjacent to an activating group) is 1. The van der Waals surface area contributed by atoms with Gasteiger partial charge in [-0.15, -0.1) is 0 Å². The molecule has 0 saturated carbocycles. The quantitative estimate of drug-likeness (QED) is 0.504. The van der Waals surface area contributed by atoms with Crippen LogP contribution in [0.3, 0.4) is 0 Å². The molecule has 0 aliphatic carbocycles. The molecule has 0 aliphatic rings. The topological polar surface area (TPSA) is 23.5 Å². The molecule has 1 N–H and O–H groups in total. The van der Waals surface area contributed by atoms with E-state index >= 15 is 0 Å². The van der Waals surface area contributed by atoms with Gasteiger partial charge in [0.2, 0.25) is 0 Å². The van der Waals surface area contributed by atoms with Gasteiger partial charge in [-0.1, -0.05) is 25.5 Å². The second-order valence-electron chi connectivity index (χ2n) is 2.82. The van der Waals surface area contributed by atoms with Gasteiger partial charge in [0.1, 0.15) is 0 Å². The molecule has 70 valence electrons. The first kappa shape index (κ1) is 11.2. The van der Waals surface area contributed by atoms with E-state index in [1.807, 2.05) is 6.08 Å². The molecule has 12 heavy (non-hydrogen) atoms. The largest absolute Gasteiger partial charge is 0.516 e. The van der Waals surface area contributed by atoms with E-state index < -0.39 is 0 Å². The summed E-state index contributed by atoms with van der Waals surface area (Å²) in [4.78, 5) is 2.33. The highest BCUT2D eigenvalue weighted by Gasteiger charge is 1.97. The number of rotatable bonds is 5. The number of hydrogen-bond donors (Lipinski definition) is 1. The maximum Gasteiger partial charge on any atom is 0.0791 e. The Morgan fingerprint density at radius 2 is 1.92 bits per heavy atom. The van der Waals surface area contributed by atoms with E-state index in [0.717, 1.165) is 25.9 Å². The lowest BCUT2D eigenvalue weighted by Crippen LogP contribution is -2.24. The predicted molar refractivity (Wildman–Crippen MR) is 53.3 cm³/mol. The Balaban J connectivity index is 3.88. The van der Waals surface area contributed by atoms with E-state index in [0.29, 0.717) is 0 Å². The molecule has 0 bridgehead atoms. The standard InChI is InChI=1S/C10H19NO/c1-4-11(5-2)9-10(3)7-6-8-12/h6-8,12H,4-5,9H2,1-3H3/b8-6-,10-7+. The van der Waals surface area contributed by atoms with Crippen molar-refractivity contribution in [3.8, 4) is 0 Å². The van der Waals surface area contributed by atoms with Crippen molar-refractivity contribution in [3.63, 3.8) is 0 Å². The van der Waals surface area contributed by atoms with Gasteiger partial charge in [-0.3, -0.25) is 4.90 Å². The third kappa shape index (κ3) is 4.97. The normalized spacial score (nSPS) is 13.2. The van der Waals surface area contributed by atoms with Gasteiger partial charge in [0, 0.05) is 6.54 Å². The Morgan fingerprint density at radius 3 is 2.33 bits per heavy atom. The van der Waals surface area contributed by atoms with Crippen LogP contribution in [-0.2, 0) is 0 Å². The monoisotopic (exact) mass is 169 g/mol. The summed E-state index contributed by atoms with van der Waals surface area (Å²) in [6.45, 7) is 9.50. The highest BCUT2D eigenvalue weighted by molar-refractivity contribution is 5.10. The van der Waals surface area contributed by atoms with Crippen molar-refractivity contribution < 1.29 is 5.11 Å². The molecule has 0 aromatic heterocycles. The molecule has 0 spiro atoms. The van der Waals surface area contributed by atoms with E-state index in [9.17, 15) is 0 Å². The smallest absolute Gasteiger partial charge is 0.0791 e. The van der Waals surface area contributed by atoms with Crippen LogP contribution in [0.4, 0.5) is 0 Å². The maximum atomic E-state index is 8.42. The Bertz CT molecular complexity index is 157. The highest BCUT2D eigenvalue weighted by atomic mass is 16.2. The van der Waals surface area contributed by atoms with Crippen molar-refractivity contribution in [1.82, 2.24) is 4.90 Å². The van der Waals surface area contributed by atoms with Gasteiger partial charge in [0.15, 0.2) is 0 Å². The van der Waals surface area contributed by atoms with Gasteiger partial charge in [0.25, 0.3) is 0 Å². The third-order valence-electron chi connectivity index (χ3n) is 1.83. The molecule has 2 heteroatoms. The predicted octanol–water partition coefficient (Wildman–Crippen LogP) is 2.35. The van der Waals surface area contributed by atoms with Gasteiger partial charge in [-0.2, -0.15) is 0 Å². The maximum absolute atomic E-state index is 8.42. The third-order valence-corrected chi connectivity index (χ3v) is 1.83. The summed E-state index contributed by atoms with van der Waals surface area (Å²) in [7, 11) is 0. The number of aliphatic hydroxyl groups is 1. The summed E-state index contributed by atoms with van der Waals surface area (Å²) in [6.07, 6.45) is 4.64. The Kier molecular flexibility index (Phi) is 6.48. The molecule has 0 rings (SSSR count). The summed E-state index contributed by atoms with van der Waals surface area (Å²) >= 11 is 0. The zero-order valence-corrected chi connectivity index (χ0v) is 8.25. The number of nitrogens with zero attached hydrogens (tertiary/aromatic N) is 1. The van der Waals surface area contributed by atoms with Gasteiger partial charge >= 0.3 is 0 Å². The van der Waals surface area contributed by atoms with Crippen LogP contribution in [0.1, 0.15) is 20.8 Å². The van der Waals surface area contributed by atoms with Crippen molar-refractivity contribution in [2.75, 3.05) is 19.6 Å². The minimum atomic E-state index is 0.983. The van der Waals surface area contributed by atoms with Gasteiger partial charge in [0.05, 0.1) is 6.26 Å². The van der Waals surface area contributed by atoms with Crippen LogP contribution in [0, 0.1) is 0 Å². The van der Waals surface area contributed by atoms with E-state index in [-0.39, 0.29) is 0 Å². The second-order valence-corrected chi connectivity index (χ2v) is 2.82.